The summed E-state index contributed by atoms with van der Waals surface area (Å²) < 4.78 is 39.2. The summed E-state index contributed by atoms with van der Waals surface area (Å²) in [6, 6.07) is 11.4. The Bertz CT molecular complexity index is 1190. The zero-order valence-corrected chi connectivity index (χ0v) is 23.1. The van der Waals surface area contributed by atoms with Gasteiger partial charge in [0, 0.05) is 23.6 Å². The van der Waals surface area contributed by atoms with Gasteiger partial charge in [-0.05, 0) is 50.1 Å². The van der Waals surface area contributed by atoms with Crippen LogP contribution >= 0.6 is 15.9 Å². The zero-order valence-electron chi connectivity index (χ0n) is 20.7. The van der Waals surface area contributed by atoms with Crippen molar-refractivity contribution >= 4 is 43.5 Å². The lowest BCUT2D eigenvalue weighted by Gasteiger charge is -2.32. The van der Waals surface area contributed by atoms with E-state index in [1.807, 2.05) is 31.2 Å². The van der Waals surface area contributed by atoms with E-state index in [-0.39, 0.29) is 18.2 Å². The van der Waals surface area contributed by atoms with Crippen LogP contribution in [0.2, 0.25) is 0 Å². The minimum atomic E-state index is -3.83. The molecule has 9 nitrogen and oxygen atoms in total. The second-order valence-electron chi connectivity index (χ2n) is 8.35. The highest BCUT2D eigenvalue weighted by Gasteiger charge is 2.31. The van der Waals surface area contributed by atoms with Crippen molar-refractivity contribution < 1.29 is 27.5 Å². The molecule has 1 heterocycles. The lowest BCUT2D eigenvalue weighted by Crippen LogP contribution is -2.51. The van der Waals surface area contributed by atoms with Crippen molar-refractivity contribution in [2.24, 2.45) is 0 Å². The van der Waals surface area contributed by atoms with Crippen molar-refractivity contribution in [2.45, 2.75) is 39.8 Å². The van der Waals surface area contributed by atoms with E-state index in [0.29, 0.717) is 36.9 Å². The average Bonchev–Trinajstić information content (AvgIpc) is 2.88. The summed E-state index contributed by atoms with van der Waals surface area (Å²) in [5.41, 5.74) is 1.09. The molecule has 1 aliphatic rings. The summed E-state index contributed by atoms with van der Waals surface area (Å²) >= 11 is 3.43. The lowest BCUT2D eigenvalue weighted by molar-refractivity contribution is -0.139. The summed E-state index contributed by atoms with van der Waals surface area (Å²) in [6.07, 6.45) is 0.755. The Balaban J connectivity index is 1.93. The summed E-state index contributed by atoms with van der Waals surface area (Å²) in [5, 5.41) is 2.82. The number of amides is 2. The predicted molar refractivity (Wildman–Crippen MR) is 142 cm³/mol. The zero-order chi connectivity index (χ0) is 26.3. The minimum absolute atomic E-state index is 0.139. The first-order valence-corrected chi connectivity index (χ1v) is 14.3. The van der Waals surface area contributed by atoms with E-state index in [2.05, 4.69) is 21.2 Å². The first-order valence-electron chi connectivity index (χ1n) is 11.9. The Morgan fingerprint density at radius 2 is 1.81 bits per heavy atom. The number of nitrogens with zero attached hydrogens (tertiary/aromatic N) is 2. The van der Waals surface area contributed by atoms with Crippen LogP contribution in [0.1, 0.15) is 32.8 Å². The largest absolute Gasteiger partial charge is 0.486 e. The number of hydrogen-bond acceptors (Lipinski definition) is 6. The second kappa shape index (κ2) is 12.4. The first-order chi connectivity index (χ1) is 17.2. The number of hydrogen-bond donors (Lipinski definition) is 1. The fourth-order valence-electron chi connectivity index (χ4n) is 3.72. The highest BCUT2D eigenvalue weighted by Crippen LogP contribution is 2.35. The van der Waals surface area contributed by atoms with Gasteiger partial charge in [-0.15, -0.1) is 0 Å². The van der Waals surface area contributed by atoms with E-state index in [1.165, 1.54) is 11.8 Å². The van der Waals surface area contributed by atoms with Crippen molar-refractivity contribution in [3.8, 4) is 11.5 Å². The molecule has 0 bridgehead atoms. The van der Waals surface area contributed by atoms with Crippen LogP contribution in [0.4, 0.5) is 5.69 Å². The third-order valence-electron chi connectivity index (χ3n) is 5.75. The molecule has 2 aromatic carbocycles. The maximum Gasteiger partial charge on any atom is 0.244 e. The molecule has 0 fully saturated rings. The number of carbonyl (C=O) groups excluding carboxylic acids is 2. The first kappa shape index (κ1) is 27.8. The van der Waals surface area contributed by atoms with E-state index in [9.17, 15) is 18.0 Å². The molecule has 0 spiro atoms. The van der Waals surface area contributed by atoms with Gasteiger partial charge in [0.1, 0.15) is 25.8 Å². The second-order valence-corrected chi connectivity index (χ2v) is 11.5. The van der Waals surface area contributed by atoms with Gasteiger partial charge in [0.25, 0.3) is 0 Å². The SMILES string of the molecule is CCCNC(=O)[C@H](C)N(Cc1cccc(Br)c1)C(=O)CN(c1ccc2c(c1)OCCO2)S(=O)(=O)CC. The third kappa shape index (κ3) is 6.91. The van der Waals surface area contributed by atoms with Crippen LogP contribution in [-0.2, 0) is 26.2 Å². The van der Waals surface area contributed by atoms with Crippen molar-refractivity contribution in [1.29, 1.82) is 0 Å². The number of rotatable bonds is 11. The number of halogens is 1. The normalized spacial score (nSPS) is 13.6. The van der Waals surface area contributed by atoms with Gasteiger partial charge in [-0.1, -0.05) is 35.0 Å². The monoisotopic (exact) mass is 581 g/mol. The van der Waals surface area contributed by atoms with Crippen LogP contribution in [0.15, 0.2) is 46.9 Å². The fourth-order valence-corrected chi connectivity index (χ4v) is 5.22. The number of nitrogens with one attached hydrogen (secondary N) is 1. The van der Waals surface area contributed by atoms with E-state index >= 15 is 0 Å². The summed E-state index contributed by atoms with van der Waals surface area (Å²) in [7, 11) is -3.83. The summed E-state index contributed by atoms with van der Waals surface area (Å²) in [6.45, 7) is 6.01. The number of benzene rings is 2. The molecule has 2 aromatic rings. The van der Waals surface area contributed by atoms with Gasteiger partial charge in [-0.25, -0.2) is 8.42 Å². The Labute approximate surface area is 220 Å². The van der Waals surface area contributed by atoms with Gasteiger partial charge < -0.3 is 19.7 Å². The van der Waals surface area contributed by atoms with Crippen LogP contribution in [0.3, 0.4) is 0 Å². The van der Waals surface area contributed by atoms with Gasteiger partial charge in [0.15, 0.2) is 11.5 Å². The van der Waals surface area contributed by atoms with Crippen LogP contribution in [0.5, 0.6) is 11.5 Å². The van der Waals surface area contributed by atoms with Crippen LogP contribution in [-0.4, -0.2) is 63.2 Å². The van der Waals surface area contributed by atoms with Crippen molar-refractivity contribution in [3.05, 3.63) is 52.5 Å². The number of fused-ring (bicyclic) bond motifs is 1. The molecule has 1 N–H and O–H groups in total. The fraction of sp³-hybridized carbons (Fsp3) is 0.440. The number of anilines is 1. The molecule has 0 saturated carbocycles. The highest BCUT2D eigenvalue weighted by molar-refractivity contribution is 9.10. The molecule has 1 atom stereocenters. The molecular formula is C25H32BrN3O6S. The van der Waals surface area contributed by atoms with Gasteiger partial charge in [-0.2, -0.15) is 0 Å². The predicted octanol–water partition coefficient (Wildman–Crippen LogP) is 3.32. The van der Waals surface area contributed by atoms with Crippen molar-refractivity contribution in [1.82, 2.24) is 10.2 Å². The van der Waals surface area contributed by atoms with Crippen LogP contribution < -0.4 is 19.1 Å². The topological polar surface area (TPSA) is 105 Å². The highest BCUT2D eigenvalue weighted by atomic mass is 79.9. The molecule has 11 heteroatoms. The van der Waals surface area contributed by atoms with Crippen molar-refractivity contribution in [2.75, 3.05) is 36.4 Å². The van der Waals surface area contributed by atoms with Gasteiger partial charge in [0.2, 0.25) is 21.8 Å². The molecule has 196 valence electrons. The number of carbonyl (C=O) groups is 2. The smallest absolute Gasteiger partial charge is 0.244 e. The molecule has 36 heavy (non-hydrogen) atoms. The molecule has 0 aromatic heterocycles. The summed E-state index contributed by atoms with van der Waals surface area (Å²) in [5.74, 6) is -0.0682. The van der Waals surface area contributed by atoms with Crippen LogP contribution in [0.25, 0.3) is 0 Å². The Morgan fingerprint density at radius 3 is 2.47 bits per heavy atom. The van der Waals surface area contributed by atoms with Crippen LogP contribution in [0, 0.1) is 0 Å². The maximum atomic E-state index is 13.7. The van der Waals surface area contributed by atoms with E-state index in [4.69, 9.17) is 9.47 Å². The number of ether oxygens (including phenoxy) is 2. The maximum absolute atomic E-state index is 13.7. The Morgan fingerprint density at radius 1 is 1.08 bits per heavy atom. The molecule has 0 saturated heterocycles. The standard InChI is InChI=1S/C25H32BrN3O6S/c1-4-11-27-25(31)18(3)28(16-19-7-6-8-20(26)14-19)24(30)17-29(36(32,33)5-2)21-9-10-22-23(15-21)35-13-12-34-22/h6-10,14-15,18H,4-5,11-13,16-17H2,1-3H3,(H,27,31)/t18-/m0/s1. The molecule has 0 unspecified atom stereocenters. The minimum Gasteiger partial charge on any atom is -0.486 e. The van der Waals surface area contributed by atoms with Gasteiger partial charge in [-0.3, -0.25) is 13.9 Å². The lowest BCUT2D eigenvalue weighted by atomic mass is 10.1. The third-order valence-corrected chi connectivity index (χ3v) is 7.99. The van der Waals surface area contributed by atoms with E-state index < -0.39 is 28.5 Å². The molecule has 2 amide bonds. The summed E-state index contributed by atoms with van der Waals surface area (Å²) in [4.78, 5) is 27.9. The average molecular weight is 583 g/mol. The Kier molecular flexibility index (Phi) is 9.61. The molecule has 1 aliphatic heterocycles. The van der Waals surface area contributed by atoms with E-state index in [0.717, 1.165) is 20.8 Å². The van der Waals surface area contributed by atoms with E-state index in [1.54, 1.807) is 25.1 Å². The van der Waals surface area contributed by atoms with Gasteiger partial charge >= 0.3 is 0 Å². The molecule has 3 rings (SSSR count). The molecule has 0 aliphatic carbocycles. The molecule has 0 radical (unpaired) electrons. The Hall–Kier alpha value is -2.79. The van der Waals surface area contributed by atoms with Crippen molar-refractivity contribution in [3.63, 3.8) is 0 Å². The quantitative estimate of drug-likeness (QED) is 0.436. The number of sulfonamides is 1. The van der Waals surface area contributed by atoms with Gasteiger partial charge in [0.05, 0.1) is 11.4 Å². The molecular weight excluding hydrogens is 550 g/mol.